The quantitative estimate of drug-likeness (QED) is 0.884. The van der Waals surface area contributed by atoms with Crippen LogP contribution in [-0.2, 0) is 11.3 Å². The van der Waals surface area contributed by atoms with Crippen LogP contribution in [0.15, 0.2) is 24.3 Å². The van der Waals surface area contributed by atoms with Gasteiger partial charge in [-0.3, -0.25) is 4.90 Å². The summed E-state index contributed by atoms with van der Waals surface area (Å²) in [4.78, 5) is 2.61. The van der Waals surface area contributed by atoms with Crippen molar-refractivity contribution >= 4 is 0 Å². The number of nitrogens with zero attached hydrogens (tertiary/aromatic N) is 1. The molecular weight excluding hydrogens is 224 g/mol. The van der Waals surface area contributed by atoms with Crippen LogP contribution in [0, 0.1) is 0 Å². The van der Waals surface area contributed by atoms with Crippen LogP contribution in [0.25, 0.3) is 0 Å². The molecule has 1 aromatic rings. The predicted octanol–water partition coefficient (Wildman–Crippen LogP) is 2.07. The van der Waals surface area contributed by atoms with Gasteiger partial charge in [0.25, 0.3) is 0 Å². The molecule has 1 aromatic carbocycles. The Kier molecular flexibility index (Phi) is 3.37. The summed E-state index contributed by atoms with van der Waals surface area (Å²) in [5, 5.41) is 0. The SMILES string of the molecule is COCc1ccc(C2C(N)CCN2C2CC2)cc1. The third kappa shape index (κ3) is 2.30. The van der Waals surface area contributed by atoms with Crippen molar-refractivity contribution in [2.24, 2.45) is 5.73 Å². The number of likely N-dealkylation sites (tertiary alicyclic amines) is 1. The van der Waals surface area contributed by atoms with Crippen molar-refractivity contribution in [2.45, 2.75) is 44.0 Å². The van der Waals surface area contributed by atoms with Crippen LogP contribution >= 0.6 is 0 Å². The van der Waals surface area contributed by atoms with Crippen LogP contribution < -0.4 is 5.73 Å². The highest BCUT2D eigenvalue weighted by atomic mass is 16.5. The van der Waals surface area contributed by atoms with Gasteiger partial charge in [-0.15, -0.1) is 0 Å². The summed E-state index contributed by atoms with van der Waals surface area (Å²) >= 11 is 0. The zero-order valence-corrected chi connectivity index (χ0v) is 11.0. The molecule has 2 N–H and O–H groups in total. The number of benzene rings is 1. The fourth-order valence-corrected chi connectivity index (χ4v) is 3.07. The lowest BCUT2D eigenvalue weighted by Crippen LogP contribution is -2.33. The van der Waals surface area contributed by atoms with E-state index in [-0.39, 0.29) is 0 Å². The van der Waals surface area contributed by atoms with Crippen LogP contribution in [0.1, 0.15) is 36.4 Å². The van der Waals surface area contributed by atoms with E-state index in [0.29, 0.717) is 18.7 Å². The summed E-state index contributed by atoms with van der Waals surface area (Å²) in [5.74, 6) is 0. The van der Waals surface area contributed by atoms with Crippen molar-refractivity contribution in [3.63, 3.8) is 0 Å². The van der Waals surface area contributed by atoms with Gasteiger partial charge in [0.2, 0.25) is 0 Å². The molecule has 2 atom stereocenters. The Morgan fingerprint density at radius 1 is 1.22 bits per heavy atom. The first-order valence-electron chi connectivity index (χ1n) is 6.88. The summed E-state index contributed by atoms with van der Waals surface area (Å²) in [6.07, 6.45) is 3.83. The number of methoxy groups -OCH3 is 1. The van der Waals surface area contributed by atoms with Crippen LogP contribution in [0.4, 0.5) is 0 Å². The number of hydrogen-bond acceptors (Lipinski definition) is 3. The van der Waals surface area contributed by atoms with Crippen LogP contribution in [0.5, 0.6) is 0 Å². The first kappa shape index (κ1) is 12.2. The van der Waals surface area contributed by atoms with Gasteiger partial charge in [-0.2, -0.15) is 0 Å². The molecule has 0 radical (unpaired) electrons. The first-order chi connectivity index (χ1) is 8.79. The molecule has 1 saturated heterocycles. The maximum Gasteiger partial charge on any atom is 0.0713 e. The number of hydrogen-bond donors (Lipinski definition) is 1. The van der Waals surface area contributed by atoms with E-state index in [2.05, 4.69) is 29.2 Å². The van der Waals surface area contributed by atoms with E-state index in [4.69, 9.17) is 10.5 Å². The lowest BCUT2D eigenvalue weighted by atomic mass is 9.99. The van der Waals surface area contributed by atoms with E-state index in [9.17, 15) is 0 Å². The van der Waals surface area contributed by atoms with Gasteiger partial charge in [-0.05, 0) is 30.4 Å². The lowest BCUT2D eigenvalue weighted by molar-refractivity contribution is 0.185. The van der Waals surface area contributed by atoms with Crippen molar-refractivity contribution < 1.29 is 4.74 Å². The molecule has 1 aliphatic carbocycles. The van der Waals surface area contributed by atoms with Gasteiger partial charge in [0.05, 0.1) is 12.6 Å². The highest BCUT2D eigenvalue weighted by Crippen LogP contribution is 2.40. The Morgan fingerprint density at radius 2 is 1.94 bits per heavy atom. The molecule has 2 unspecified atom stereocenters. The zero-order valence-electron chi connectivity index (χ0n) is 11.0. The Bertz CT molecular complexity index is 399. The molecule has 2 aliphatic rings. The Labute approximate surface area is 109 Å². The monoisotopic (exact) mass is 246 g/mol. The largest absolute Gasteiger partial charge is 0.380 e. The molecule has 18 heavy (non-hydrogen) atoms. The second kappa shape index (κ2) is 5.00. The molecule has 2 fully saturated rings. The van der Waals surface area contributed by atoms with Gasteiger partial charge in [-0.1, -0.05) is 24.3 Å². The molecule has 1 aliphatic heterocycles. The maximum absolute atomic E-state index is 6.30. The molecule has 98 valence electrons. The molecular formula is C15H22N2O. The van der Waals surface area contributed by atoms with Crippen molar-refractivity contribution in [3.05, 3.63) is 35.4 Å². The Morgan fingerprint density at radius 3 is 2.56 bits per heavy atom. The van der Waals surface area contributed by atoms with Crippen LogP contribution in [0.2, 0.25) is 0 Å². The third-order valence-corrected chi connectivity index (χ3v) is 4.13. The van der Waals surface area contributed by atoms with E-state index < -0.39 is 0 Å². The molecule has 3 nitrogen and oxygen atoms in total. The Balaban J connectivity index is 1.79. The second-order valence-electron chi connectivity index (χ2n) is 5.54. The second-order valence-corrected chi connectivity index (χ2v) is 5.54. The lowest BCUT2D eigenvalue weighted by Gasteiger charge is -2.27. The van der Waals surface area contributed by atoms with E-state index in [1.54, 1.807) is 7.11 Å². The summed E-state index contributed by atoms with van der Waals surface area (Å²) in [7, 11) is 1.73. The van der Waals surface area contributed by atoms with Crippen molar-refractivity contribution in [3.8, 4) is 0 Å². The van der Waals surface area contributed by atoms with Gasteiger partial charge in [0, 0.05) is 25.7 Å². The maximum atomic E-state index is 6.30. The van der Waals surface area contributed by atoms with Gasteiger partial charge in [0.15, 0.2) is 0 Å². The molecule has 0 aromatic heterocycles. The fourth-order valence-electron chi connectivity index (χ4n) is 3.07. The van der Waals surface area contributed by atoms with E-state index in [1.165, 1.54) is 24.0 Å². The number of rotatable bonds is 4. The minimum atomic E-state index is 0.291. The summed E-state index contributed by atoms with van der Waals surface area (Å²) in [5.41, 5.74) is 8.89. The minimum Gasteiger partial charge on any atom is -0.380 e. The average Bonchev–Trinajstić information content (AvgIpc) is 3.15. The molecule has 0 amide bonds. The highest BCUT2D eigenvalue weighted by Gasteiger charge is 2.41. The molecule has 0 bridgehead atoms. The highest BCUT2D eigenvalue weighted by molar-refractivity contribution is 5.27. The average molecular weight is 246 g/mol. The summed E-state index contributed by atoms with van der Waals surface area (Å²) in [6, 6.07) is 10.3. The first-order valence-corrected chi connectivity index (χ1v) is 6.88. The minimum absolute atomic E-state index is 0.291. The molecule has 3 rings (SSSR count). The standard InChI is InChI=1S/C15H22N2O/c1-18-10-11-2-4-12(5-3-11)15-14(16)8-9-17(15)13-6-7-13/h2-5,13-15H,6-10,16H2,1H3. The topological polar surface area (TPSA) is 38.5 Å². The normalized spacial score (nSPS) is 28.8. The smallest absolute Gasteiger partial charge is 0.0713 e. The van der Waals surface area contributed by atoms with E-state index in [1.807, 2.05) is 0 Å². The van der Waals surface area contributed by atoms with Crippen molar-refractivity contribution in [1.82, 2.24) is 4.90 Å². The third-order valence-electron chi connectivity index (χ3n) is 4.13. The summed E-state index contributed by atoms with van der Waals surface area (Å²) < 4.78 is 5.15. The van der Waals surface area contributed by atoms with Gasteiger partial charge in [-0.25, -0.2) is 0 Å². The fraction of sp³-hybridized carbons (Fsp3) is 0.600. The van der Waals surface area contributed by atoms with E-state index in [0.717, 1.165) is 19.0 Å². The van der Waals surface area contributed by atoms with Crippen molar-refractivity contribution in [1.29, 1.82) is 0 Å². The van der Waals surface area contributed by atoms with Gasteiger partial charge < -0.3 is 10.5 Å². The van der Waals surface area contributed by atoms with Crippen molar-refractivity contribution in [2.75, 3.05) is 13.7 Å². The number of ether oxygens (including phenoxy) is 1. The molecule has 1 heterocycles. The van der Waals surface area contributed by atoms with Gasteiger partial charge >= 0.3 is 0 Å². The molecule has 0 spiro atoms. The molecule has 1 saturated carbocycles. The zero-order chi connectivity index (χ0) is 12.5. The van der Waals surface area contributed by atoms with Gasteiger partial charge in [0.1, 0.15) is 0 Å². The molecule has 3 heteroatoms. The van der Waals surface area contributed by atoms with Crippen LogP contribution in [0.3, 0.4) is 0 Å². The summed E-state index contributed by atoms with van der Waals surface area (Å²) in [6.45, 7) is 1.85. The predicted molar refractivity (Wildman–Crippen MR) is 72.2 cm³/mol. The van der Waals surface area contributed by atoms with E-state index >= 15 is 0 Å². The number of nitrogens with two attached hydrogens (primary N) is 1. The van der Waals surface area contributed by atoms with Crippen LogP contribution in [-0.4, -0.2) is 30.6 Å². The Hall–Kier alpha value is -0.900.